The number of carbonyl (C=O) groups is 1. The molecule has 1 aromatic rings. The van der Waals surface area contributed by atoms with Crippen molar-refractivity contribution >= 4 is 15.9 Å². The molecule has 0 aliphatic carbocycles. The van der Waals surface area contributed by atoms with Crippen LogP contribution in [0.15, 0.2) is 30.9 Å². The van der Waals surface area contributed by atoms with Crippen LogP contribution < -0.4 is 14.8 Å². The first-order valence-electron chi connectivity index (χ1n) is 6.89. The first-order valence-corrected chi connectivity index (χ1v) is 8.74. The number of rotatable bonds is 9. The molecule has 1 amide bonds. The van der Waals surface area contributed by atoms with Gasteiger partial charge in [0, 0.05) is 25.2 Å². The van der Waals surface area contributed by atoms with Crippen molar-refractivity contribution in [1.29, 1.82) is 0 Å². The van der Waals surface area contributed by atoms with Crippen molar-refractivity contribution in [2.45, 2.75) is 0 Å². The van der Waals surface area contributed by atoms with E-state index >= 15 is 0 Å². The van der Waals surface area contributed by atoms with E-state index in [9.17, 15) is 13.2 Å². The zero-order valence-corrected chi connectivity index (χ0v) is 14.4. The lowest BCUT2D eigenvalue weighted by Crippen LogP contribution is -2.38. The molecule has 1 rings (SSSR count). The van der Waals surface area contributed by atoms with Crippen molar-refractivity contribution in [2.24, 2.45) is 0 Å². The van der Waals surface area contributed by atoms with Gasteiger partial charge in [-0.2, -0.15) is 4.31 Å². The molecule has 0 saturated heterocycles. The summed E-state index contributed by atoms with van der Waals surface area (Å²) in [7, 11) is -0.339. The summed E-state index contributed by atoms with van der Waals surface area (Å²) in [5.41, 5.74) is 0.400. The quantitative estimate of drug-likeness (QED) is 0.674. The fourth-order valence-corrected chi connectivity index (χ4v) is 2.71. The molecular formula is C15H22N2O5S. The highest BCUT2D eigenvalue weighted by atomic mass is 32.2. The van der Waals surface area contributed by atoms with Gasteiger partial charge in [0.2, 0.25) is 10.0 Å². The topological polar surface area (TPSA) is 84.9 Å². The molecule has 23 heavy (non-hydrogen) atoms. The van der Waals surface area contributed by atoms with E-state index in [0.717, 1.165) is 6.26 Å². The van der Waals surface area contributed by atoms with Crippen molar-refractivity contribution in [1.82, 2.24) is 9.62 Å². The van der Waals surface area contributed by atoms with Gasteiger partial charge in [0.25, 0.3) is 5.91 Å². The van der Waals surface area contributed by atoms with Crippen molar-refractivity contribution in [2.75, 3.05) is 40.1 Å². The molecule has 0 aliphatic rings. The number of benzene rings is 1. The zero-order chi connectivity index (χ0) is 17.5. The van der Waals surface area contributed by atoms with Gasteiger partial charge in [-0.3, -0.25) is 4.79 Å². The average molecular weight is 342 g/mol. The predicted molar refractivity (Wildman–Crippen MR) is 88.5 cm³/mol. The Morgan fingerprint density at radius 2 is 1.96 bits per heavy atom. The standard InChI is InChI=1S/C15H22N2O5S/c1-5-9-17(23(4,19)20)10-8-16-15(18)12-6-7-13(21-2)14(11-12)22-3/h5-7,11H,1,8-10H2,2-4H3,(H,16,18). The van der Waals surface area contributed by atoms with E-state index in [-0.39, 0.29) is 25.5 Å². The molecule has 1 aromatic carbocycles. The highest BCUT2D eigenvalue weighted by Crippen LogP contribution is 2.27. The molecule has 0 saturated carbocycles. The normalized spacial score (nSPS) is 11.1. The number of hydrogen-bond donors (Lipinski definition) is 1. The Kier molecular flexibility index (Phi) is 7.05. The molecule has 0 spiro atoms. The lowest BCUT2D eigenvalue weighted by molar-refractivity contribution is 0.0951. The summed E-state index contributed by atoms with van der Waals surface area (Å²) < 4.78 is 34.6. The molecule has 0 aromatic heterocycles. The molecule has 0 atom stereocenters. The maximum absolute atomic E-state index is 12.1. The smallest absolute Gasteiger partial charge is 0.251 e. The number of nitrogens with one attached hydrogen (secondary N) is 1. The van der Waals surface area contributed by atoms with Gasteiger partial charge in [-0.15, -0.1) is 6.58 Å². The summed E-state index contributed by atoms with van der Waals surface area (Å²) in [4.78, 5) is 12.1. The van der Waals surface area contributed by atoms with Crippen LogP contribution in [0.25, 0.3) is 0 Å². The zero-order valence-electron chi connectivity index (χ0n) is 13.5. The Balaban J connectivity index is 2.68. The Bertz CT molecular complexity index is 658. The fourth-order valence-electron chi connectivity index (χ4n) is 1.91. The SMILES string of the molecule is C=CCN(CCNC(=O)c1ccc(OC)c(OC)c1)S(C)(=O)=O. The minimum atomic E-state index is -3.34. The molecule has 0 aliphatic heterocycles. The Morgan fingerprint density at radius 1 is 1.30 bits per heavy atom. The molecule has 0 unspecified atom stereocenters. The summed E-state index contributed by atoms with van der Waals surface area (Å²) in [5.74, 6) is 0.654. The Hall–Kier alpha value is -2.06. The van der Waals surface area contributed by atoms with E-state index < -0.39 is 10.0 Å². The predicted octanol–water partition coefficient (Wildman–Crippen LogP) is 0.881. The third-order valence-electron chi connectivity index (χ3n) is 3.09. The van der Waals surface area contributed by atoms with Crippen molar-refractivity contribution in [3.05, 3.63) is 36.4 Å². The van der Waals surface area contributed by atoms with Gasteiger partial charge in [-0.05, 0) is 18.2 Å². The number of sulfonamides is 1. The van der Waals surface area contributed by atoms with E-state index in [4.69, 9.17) is 9.47 Å². The minimum Gasteiger partial charge on any atom is -0.493 e. The first-order chi connectivity index (χ1) is 10.8. The number of methoxy groups -OCH3 is 2. The molecule has 8 heteroatoms. The molecule has 7 nitrogen and oxygen atoms in total. The molecule has 0 heterocycles. The molecular weight excluding hydrogens is 320 g/mol. The van der Waals surface area contributed by atoms with Crippen LogP contribution in [0.2, 0.25) is 0 Å². The summed E-state index contributed by atoms with van der Waals surface area (Å²) in [6.45, 7) is 4.08. The second kappa shape index (κ2) is 8.54. The third-order valence-corrected chi connectivity index (χ3v) is 4.36. The second-order valence-electron chi connectivity index (χ2n) is 4.74. The van der Waals surface area contributed by atoms with Crippen LogP contribution in [0.5, 0.6) is 11.5 Å². The summed E-state index contributed by atoms with van der Waals surface area (Å²) in [5, 5.41) is 2.67. The van der Waals surface area contributed by atoms with Gasteiger partial charge in [-0.1, -0.05) is 6.08 Å². The van der Waals surface area contributed by atoms with Crippen molar-refractivity contribution in [3.8, 4) is 11.5 Å². The van der Waals surface area contributed by atoms with Gasteiger partial charge in [0.1, 0.15) is 0 Å². The Morgan fingerprint density at radius 3 is 2.48 bits per heavy atom. The maximum Gasteiger partial charge on any atom is 0.251 e. The third kappa shape index (κ3) is 5.57. The number of amides is 1. The Labute approximate surface area is 136 Å². The van der Waals surface area contributed by atoms with Gasteiger partial charge in [0.15, 0.2) is 11.5 Å². The van der Waals surface area contributed by atoms with Crippen LogP contribution in [-0.4, -0.2) is 58.7 Å². The first kappa shape index (κ1) is 19.0. The number of hydrogen-bond acceptors (Lipinski definition) is 5. The maximum atomic E-state index is 12.1. The van der Waals surface area contributed by atoms with E-state index in [0.29, 0.717) is 17.1 Å². The minimum absolute atomic E-state index is 0.171. The van der Waals surface area contributed by atoms with Crippen LogP contribution in [0.3, 0.4) is 0 Å². The monoisotopic (exact) mass is 342 g/mol. The number of nitrogens with zero attached hydrogens (tertiary/aromatic N) is 1. The lowest BCUT2D eigenvalue weighted by Gasteiger charge is -2.18. The molecule has 0 bridgehead atoms. The summed E-state index contributed by atoms with van der Waals surface area (Å²) >= 11 is 0. The molecule has 0 fully saturated rings. The number of ether oxygens (including phenoxy) is 2. The van der Waals surface area contributed by atoms with Gasteiger partial charge in [0.05, 0.1) is 20.5 Å². The highest BCUT2D eigenvalue weighted by Gasteiger charge is 2.15. The van der Waals surface area contributed by atoms with Gasteiger partial charge >= 0.3 is 0 Å². The number of carbonyl (C=O) groups excluding carboxylic acids is 1. The summed E-state index contributed by atoms with van der Waals surface area (Å²) in [6, 6.07) is 4.80. The molecule has 128 valence electrons. The van der Waals surface area contributed by atoms with Crippen LogP contribution in [0, 0.1) is 0 Å². The lowest BCUT2D eigenvalue weighted by atomic mass is 10.2. The van der Waals surface area contributed by atoms with Crippen LogP contribution in [-0.2, 0) is 10.0 Å². The van der Waals surface area contributed by atoms with Crippen LogP contribution in [0.1, 0.15) is 10.4 Å². The average Bonchev–Trinajstić information content (AvgIpc) is 2.52. The van der Waals surface area contributed by atoms with Crippen LogP contribution >= 0.6 is 0 Å². The fraction of sp³-hybridized carbons (Fsp3) is 0.400. The second-order valence-corrected chi connectivity index (χ2v) is 6.72. The van der Waals surface area contributed by atoms with Gasteiger partial charge in [-0.25, -0.2) is 8.42 Å². The molecule has 0 radical (unpaired) electrons. The largest absolute Gasteiger partial charge is 0.493 e. The van der Waals surface area contributed by atoms with E-state index in [1.807, 2.05) is 0 Å². The van der Waals surface area contributed by atoms with Crippen LogP contribution in [0.4, 0.5) is 0 Å². The molecule has 1 N–H and O–H groups in total. The highest BCUT2D eigenvalue weighted by molar-refractivity contribution is 7.88. The summed E-state index contributed by atoms with van der Waals surface area (Å²) in [6.07, 6.45) is 2.61. The van der Waals surface area contributed by atoms with E-state index in [1.165, 1.54) is 24.6 Å². The van der Waals surface area contributed by atoms with E-state index in [2.05, 4.69) is 11.9 Å². The van der Waals surface area contributed by atoms with E-state index in [1.54, 1.807) is 18.2 Å². The van der Waals surface area contributed by atoms with Crippen molar-refractivity contribution < 1.29 is 22.7 Å². The van der Waals surface area contributed by atoms with Gasteiger partial charge < -0.3 is 14.8 Å². The van der Waals surface area contributed by atoms with Crippen molar-refractivity contribution in [3.63, 3.8) is 0 Å².